The summed E-state index contributed by atoms with van der Waals surface area (Å²) in [6.45, 7) is 6.75. The Morgan fingerprint density at radius 2 is 2.05 bits per heavy atom. The lowest BCUT2D eigenvalue weighted by molar-refractivity contribution is 0.0822. The minimum atomic E-state index is -0.0627. The minimum absolute atomic E-state index is 0.0627. The third kappa shape index (κ3) is 3.71. The lowest BCUT2D eigenvalue weighted by atomic mass is 10.2. The van der Waals surface area contributed by atoms with Crippen LogP contribution in [0.25, 0.3) is 0 Å². The van der Waals surface area contributed by atoms with Gasteiger partial charge in [-0.3, -0.25) is 14.7 Å². The number of piperazine rings is 1. The SMILES string of the molecule is CC(CN)N1CCN(c2ccnc(C(=O)N(C)C)c2)CC1. The maximum absolute atomic E-state index is 12.0. The van der Waals surface area contributed by atoms with Crippen molar-refractivity contribution in [1.82, 2.24) is 14.8 Å². The number of hydrogen-bond acceptors (Lipinski definition) is 5. The summed E-state index contributed by atoms with van der Waals surface area (Å²) in [7, 11) is 3.48. The zero-order valence-corrected chi connectivity index (χ0v) is 13.1. The van der Waals surface area contributed by atoms with E-state index in [1.165, 1.54) is 0 Å². The molecule has 1 aromatic rings. The van der Waals surface area contributed by atoms with Crippen LogP contribution in [0.3, 0.4) is 0 Å². The van der Waals surface area contributed by atoms with E-state index >= 15 is 0 Å². The van der Waals surface area contributed by atoms with Gasteiger partial charge in [-0.15, -0.1) is 0 Å². The van der Waals surface area contributed by atoms with Crippen LogP contribution in [-0.2, 0) is 0 Å². The monoisotopic (exact) mass is 291 g/mol. The van der Waals surface area contributed by atoms with E-state index in [1.807, 2.05) is 12.1 Å². The molecule has 1 fully saturated rings. The molecule has 1 unspecified atom stereocenters. The molecule has 0 spiro atoms. The molecule has 6 heteroatoms. The van der Waals surface area contributed by atoms with Gasteiger partial charge in [-0.2, -0.15) is 0 Å². The highest BCUT2D eigenvalue weighted by Crippen LogP contribution is 2.18. The molecule has 0 saturated carbocycles. The number of rotatable bonds is 4. The molecule has 2 heterocycles. The van der Waals surface area contributed by atoms with Crippen molar-refractivity contribution in [3.05, 3.63) is 24.0 Å². The molecule has 116 valence electrons. The summed E-state index contributed by atoms with van der Waals surface area (Å²) in [6, 6.07) is 4.27. The smallest absolute Gasteiger partial charge is 0.272 e. The molecular formula is C15H25N5O. The molecule has 1 saturated heterocycles. The van der Waals surface area contributed by atoms with E-state index in [2.05, 4.69) is 21.7 Å². The highest BCUT2D eigenvalue weighted by Gasteiger charge is 2.21. The Balaban J connectivity index is 2.04. The molecule has 1 amide bonds. The van der Waals surface area contributed by atoms with Crippen LogP contribution in [0.15, 0.2) is 18.3 Å². The quantitative estimate of drug-likeness (QED) is 0.861. The van der Waals surface area contributed by atoms with Gasteiger partial charge in [-0.1, -0.05) is 0 Å². The topological polar surface area (TPSA) is 65.7 Å². The molecule has 0 aromatic carbocycles. The highest BCUT2D eigenvalue weighted by atomic mass is 16.2. The van der Waals surface area contributed by atoms with Crippen molar-refractivity contribution in [3.8, 4) is 0 Å². The van der Waals surface area contributed by atoms with Crippen LogP contribution in [0.4, 0.5) is 5.69 Å². The Labute approximate surface area is 126 Å². The highest BCUT2D eigenvalue weighted by molar-refractivity contribution is 5.92. The summed E-state index contributed by atoms with van der Waals surface area (Å²) in [6.07, 6.45) is 1.71. The lowest BCUT2D eigenvalue weighted by Crippen LogP contribution is -2.51. The zero-order valence-electron chi connectivity index (χ0n) is 13.1. The van der Waals surface area contributed by atoms with Crippen LogP contribution in [0.1, 0.15) is 17.4 Å². The predicted molar refractivity (Wildman–Crippen MR) is 84.6 cm³/mol. The standard InChI is InChI=1S/C15H25N5O/c1-12(11-16)19-6-8-20(9-7-19)13-4-5-17-14(10-13)15(21)18(2)3/h4-5,10,12H,6-9,11,16H2,1-3H3. The van der Waals surface area contributed by atoms with E-state index in [-0.39, 0.29) is 5.91 Å². The van der Waals surface area contributed by atoms with Gasteiger partial charge in [0.1, 0.15) is 5.69 Å². The Bertz CT molecular complexity index is 483. The molecule has 1 aliphatic rings. The van der Waals surface area contributed by atoms with Gasteiger partial charge in [0, 0.05) is 64.7 Å². The molecular weight excluding hydrogens is 266 g/mol. The molecule has 0 aliphatic carbocycles. The normalized spacial score (nSPS) is 17.6. The van der Waals surface area contributed by atoms with E-state index < -0.39 is 0 Å². The van der Waals surface area contributed by atoms with Gasteiger partial charge in [0.2, 0.25) is 0 Å². The summed E-state index contributed by atoms with van der Waals surface area (Å²) in [5.74, 6) is -0.0627. The number of hydrogen-bond donors (Lipinski definition) is 1. The second-order valence-electron chi connectivity index (χ2n) is 5.71. The van der Waals surface area contributed by atoms with Crippen molar-refractivity contribution >= 4 is 11.6 Å². The van der Waals surface area contributed by atoms with Crippen LogP contribution >= 0.6 is 0 Å². The number of aromatic nitrogens is 1. The average Bonchev–Trinajstić information content (AvgIpc) is 2.53. The summed E-state index contributed by atoms with van der Waals surface area (Å²) < 4.78 is 0. The van der Waals surface area contributed by atoms with Crippen LogP contribution in [0.2, 0.25) is 0 Å². The van der Waals surface area contributed by atoms with E-state index in [0.29, 0.717) is 18.3 Å². The third-order valence-electron chi connectivity index (χ3n) is 4.01. The molecule has 21 heavy (non-hydrogen) atoms. The number of carbonyl (C=O) groups excluding carboxylic acids is 1. The first-order chi connectivity index (χ1) is 10.0. The average molecular weight is 291 g/mol. The molecule has 6 nitrogen and oxygen atoms in total. The molecule has 1 atom stereocenters. The predicted octanol–water partition coefficient (Wildman–Crippen LogP) is 0.253. The number of nitrogens with two attached hydrogens (primary N) is 1. The van der Waals surface area contributed by atoms with Crippen LogP contribution < -0.4 is 10.6 Å². The number of amides is 1. The summed E-state index contributed by atoms with van der Waals surface area (Å²) in [4.78, 5) is 22.4. The maximum Gasteiger partial charge on any atom is 0.272 e. The molecule has 2 rings (SSSR count). The second-order valence-corrected chi connectivity index (χ2v) is 5.71. The van der Waals surface area contributed by atoms with Crippen molar-refractivity contribution < 1.29 is 4.79 Å². The van der Waals surface area contributed by atoms with Crippen molar-refractivity contribution in [1.29, 1.82) is 0 Å². The first kappa shape index (κ1) is 15.7. The number of carbonyl (C=O) groups is 1. The minimum Gasteiger partial charge on any atom is -0.369 e. The van der Waals surface area contributed by atoms with Crippen LogP contribution in [-0.4, -0.2) is 73.6 Å². The van der Waals surface area contributed by atoms with Gasteiger partial charge in [0.05, 0.1) is 0 Å². The Morgan fingerprint density at radius 1 is 1.38 bits per heavy atom. The van der Waals surface area contributed by atoms with Gasteiger partial charge in [0.25, 0.3) is 5.91 Å². The number of anilines is 1. The second kappa shape index (κ2) is 6.87. The van der Waals surface area contributed by atoms with E-state index in [1.54, 1.807) is 25.2 Å². The molecule has 2 N–H and O–H groups in total. The molecule has 0 bridgehead atoms. The van der Waals surface area contributed by atoms with Gasteiger partial charge in [-0.25, -0.2) is 0 Å². The fraction of sp³-hybridized carbons (Fsp3) is 0.600. The largest absolute Gasteiger partial charge is 0.369 e. The fourth-order valence-corrected chi connectivity index (χ4v) is 2.53. The molecule has 1 aromatic heterocycles. The number of nitrogens with zero attached hydrogens (tertiary/aromatic N) is 4. The third-order valence-corrected chi connectivity index (χ3v) is 4.01. The van der Waals surface area contributed by atoms with Gasteiger partial charge in [-0.05, 0) is 19.1 Å². The van der Waals surface area contributed by atoms with Crippen LogP contribution in [0, 0.1) is 0 Å². The lowest BCUT2D eigenvalue weighted by Gasteiger charge is -2.38. The van der Waals surface area contributed by atoms with E-state index in [0.717, 1.165) is 31.9 Å². The zero-order chi connectivity index (χ0) is 15.4. The van der Waals surface area contributed by atoms with E-state index in [9.17, 15) is 4.79 Å². The summed E-state index contributed by atoms with van der Waals surface area (Å²) in [5.41, 5.74) is 7.29. The first-order valence-electron chi connectivity index (χ1n) is 7.39. The molecule has 1 aliphatic heterocycles. The van der Waals surface area contributed by atoms with Crippen molar-refractivity contribution in [3.63, 3.8) is 0 Å². The van der Waals surface area contributed by atoms with Crippen molar-refractivity contribution in [2.24, 2.45) is 5.73 Å². The summed E-state index contributed by atoms with van der Waals surface area (Å²) >= 11 is 0. The Kier molecular flexibility index (Phi) is 5.14. The Morgan fingerprint density at radius 3 is 2.62 bits per heavy atom. The number of pyridine rings is 1. The van der Waals surface area contributed by atoms with Crippen molar-refractivity contribution in [2.75, 3.05) is 51.7 Å². The van der Waals surface area contributed by atoms with Crippen molar-refractivity contribution in [2.45, 2.75) is 13.0 Å². The van der Waals surface area contributed by atoms with Gasteiger partial charge >= 0.3 is 0 Å². The van der Waals surface area contributed by atoms with Gasteiger partial charge < -0.3 is 15.5 Å². The fourth-order valence-electron chi connectivity index (χ4n) is 2.53. The van der Waals surface area contributed by atoms with Crippen LogP contribution in [0.5, 0.6) is 0 Å². The maximum atomic E-state index is 12.0. The molecule has 0 radical (unpaired) electrons. The Hall–Kier alpha value is -1.66. The van der Waals surface area contributed by atoms with Gasteiger partial charge in [0.15, 0.2) is 0 Å². The summed E-state index contributed by atoms with van der Waals surface area (Å²) in [5, 5.41) is 0. The van der Waals surface area contributed by atoms with E-state index in [4.69, 9.17) is 5.73 Å². The first-order valence-corrected chi connectivity index (χ1v) is 7.39.